The van der Waals surface area contributed by atoms with E-state index in [4.69, 9.17) is 0 Å². The van der Waals surface area contributed by atoms with E-state index in [-0.39, 0.29) is 48.0 Å². The van der Waals surface area contributed by atoms with Crippen molar-refractivity contribution in [1.29, 1.82) is 0 Å². The Morgan fingerprint density at radius 1 is 0.784 bits per heavy atom. The van der Waals surface area contributed by atoms with Gasteiger partial charge in [0.2, 0.25) is 17.6 Å². The summed E-state index contributed by atoms with van der Waals surface area (Å²) in [5.41, 5.74) is 0. The van der Waals surface area contributed by atoms with E-state index < -0.39 is 17.7 Å². The van der Waals surface area contributed by atoms with Crippen LogP contribution in [-0.2, 0) is 25.9 Å². The Labute approximate surface area is 213 Å². The van der Waals surface area contributed by atoms with Crippen molar-refractivity contribution in [3.63, 3.8) is 0 Å². The van der Waals surface area contributed by atoms with Gasteiger partial charge in [-0.3, -0.25) is 19.2 Å². The van der Waals surface area contributed by atoms with Crippen molar-refractivity contribution in [1.82, 2.24) is 44.2 Å². The molecule has 0 unspecified atom stereocenters. The number of nitrogens with zero attached hydrogens (tertiary/aromatic N) is 7. The quantitative estimate of drug-likeness (QED) is 0.258. The lowest BCUT2D eigenvalue weighted by molar-refractivity contribution is -0.120. The summed E-state index contributed by atoms with van der Waals surface area (Å²) in [5.74, 6) is -1.11. The van der Waals surface area contributed by atoms with Crippen LogP contribution in [0.3, 0.4) is 0 Å². The average Bonchev–Trinajstić information content (AvgIpc) is 3.51. The van der Waals surface area contributed by atoms with E-state index in [1.807, 2.05) is 19.0 Å². The third-order valence-corrected chi connectivity index (χ3v) is 5.19. The van der Waals surface area contributed by atoms with Crippen molar-refractivity contribution in [3.8, 4) is 0 Å². The molecule has 198 valence electrons. The molecular formula is C22H31N11O4. The number of rotatable bonds is 11. The van der Waals surface area contributed by atoms with Crippen LogP contribution in [0, 0.1) is 0 Å². The molecule has 0 bridgehead atoms. The third kappa shape index (κ3) is 7.23. The van der Waals surface area contributed by atoms with Crippen molar-refractivity contribution >= 4 is 35.3 Å². The van der Waals surface area contributed by atoms with Gasteiger partial charge in [0.25, 0.3) is 17.7 Å². The Balaban J connectivity index is 1.54. The molecule has 37 heavy (non-hydrogen) atoms. The highest BCUT2D eigenvalue weighted by atomic mass is 16.2. The zero-order valence-electron chi connectivity index (χ0n) is 21.4. The number of likely N-dealkylation sites (N-methyl/N-ethyl adjacent to an activating group) is 1. The van der Waals surface area contributed by atoms with Gasteiger partial charge in [0.15, 0.2) is 17.5 Å². The molecule has 0 aliphatic rings. The fraction of sp³-hybridized carbons (Fsp3) is 0.409. The summed E-state index contributed by atoms with van der Waals surface area (Å²) >= 11 is 0. The molecule has 0 atom stereocenters. The Kier molecular flexibility index (Phi) is 8.73. The summed E-state index contributed by atoms with van der Waals surface area (Å²) in [6, 6.07) is 0. The number of aryl methyl sites for hydroxylation is 3. The van der Waals surface area contributed by atoms with Crippen molar-refractivity contribution in [2.75, 3.05) is 44.4 Å². The van der Waals surface area contributed by atoms with Crippen LogP contribution < -0.4 is 21.3 Å². The molecule has 15 heteroatoms. The van der Waals surface area contributed by atoms with Gasteiger partial charge in [-0.25, -0.2) is 15.0 Å². The average molecular weight is 514 g/mol. The smallest absolute Gasteiger partial charge is 0.292 e. The number of aromatic nitrogens is 6. The lowest BCUT2D eigenvalue weighted by Crippen LogP contribution is -2.34. The number of nitrogens with one attached hydrogen (secondary N) is 4. The van der Waals surface area contributed by atoms with Gasteiger partial charge in [-0.2, -0.15) is 0 Å². The molecule has 0 spiro atoms. The fourth-order valence-electron chi connectivity index (χ4n) is 3.28. The molecule has 3 rings (SSSR count). The lowest BCUT2D eigenvalue weighted by Gasteiger charge is -2.10. The molecule has 0 fully saturated rings. The summed E-state index contributed by atoms with van der Waals surface area (Å²) in [6.45, 7) is 1.39. The maximum atomic E-state index is 12.8. The van der Waals surface area contributed by atoms with Crippen LogP contribution in [0.1, 0.15) is 38.3 Å². The molecule has 3 aromatic rings. The molecule has 0 aromatic carbocycles. The Morgan fingerprint density at radius 2 is 1.35 bits per heavy atom. The zero-order valence-corrected chi connectivity index (χ0v) is 21.4. The molecule has 4 amide bonds. The number of hydrogen-bond acceptors (Lipinski definition) is 8. The van der Waals surface area contributed by atoms with Crippen LogP contribution in [0.25, 0.3) is 0 Å². The highest BCUT2D eigenvalue weighted by Crippen LogP contribution is 2.12. The minimum absolute atomic E-state index is 0.0204. The first kappa shape index (κ1) is 27.1. The number of imidazole rings is 3. The van der Waals surface area contributed by atoms with Gasteiger partial charge in [0.1, 0.15) is 0 Å². The van der Waals surface area contributed by atoms with Crippen molar-refractivity contribution < 1.29 is 19.2 Å². The van der Waals surface area contributed by atoms with Crippen molar-refractivity contribution in [2.45, 2.75) is 6.42 Å². The van der Waals surface area contributed by atoms with Crippen molar-refractivity contribution in [3.05, 3.63) is 42.3 Å². The summed E-state index contributed by atoms with van der Waals surface area (Å²) in [4.78, 5) is 63.7. The maximum Gasteiger partial charge on any atom is 0.292 e. The first-order chi connectivity index (χ1) is 17.5. The first-order valence-corrected chi connectivity index (χ1v) is 11.4. The second-order valence-corrected chi connectivity index (χ2v) is 8.55. The second-order valence-electron chi connectivity index (χ2n) is 8.55. The molecule has 15 nitrogen and oxygen atoms in total. The van der Waals surface area contributed by atoms with E-state index in [0.717, 1.165) is 6.54 Å². The number of carbonyl (C=O) groups is 4. The molecule has 0 saturated heterocycles. The molecule has 0 radical (unpaired) electrons. The lowest BCUT2D eigenvalue weighted by atomic mass is 10.3. The number of anilines is 2. The normalized spacial score (nSPS) is 10.9. The molecule has 0 saturated carbocycles. The van der Waals surface area contributed by atoms with Gasteiger partial charge in [0, 0.05) is 72.0 Å². The highest BCUT2D eigenvalue weighted by molar-refractivity contribution is 6.04. The van der Waals surface area contributed by atoms with Gasteiger partial charge < -0.3 is 39.9 Å². The van der Waals surface area contributed by atoms with Gasteiger partial charge in [0.05, 0.1) is 0 Å². The molecule has 0 aliphatic heterocycles. The van der Waals surface area contributed by atoms with E-state index in [1.165, 1.54) is 27.7 Å². The standard InChI is InChI=1S/C22H31N11O4/c1-30(2)10-8-23-16(34)6-7-25-20(35)18-26-14(12-32(18)4)29-22(37)19-27-15(13-33(19)5)28-21(36)17-24-9-11-31(17)3/h9,11-13H,6-8,10H2,1-5H3,(H,23,34)(H,25,35)(H,28,36)(H,29,37). The maximum absolute atomic E-state index is 12.8. The molecule has 4 N–H and O–H groups in total. The SMILES string of the molecule is CN(C)CCNC(=O)CCNC(=O)c1nc(NC(=O)c2nc(NC(=O)c3nccn3C)cn2C)cn1C. The minimum atomic E-state index is -0.584. The predicted molar refractivity (Wildman–Crippen MR) is 134 cm³/mol. The second kappa shape index (κ2) is 11.9. The first-order valence-electron chi connectivity index (χ1n) is 11.4. The Bertz CT molecular complexity index is 1290. The van der Waals surface area contributed by atoms with E-state index in [2.05, 4.69) is 36.2 Å². The van der Waals surface area contributed by atoms with Crippen LogP contribution in [-0.4, -0.2) is 90.9 Å². The van der Waals surface area contributed by atoms with Crippen LogP contribution in [0.5, 0.6) is 0 Å². The molecule has 0 aliphatic carbocycles. The van der Waals surface area contributed by atoms with Gasteiger partial charge >= 0.3 is 0 Å². The van der Waals surface area contributed by atoms with Gasteiger partial charge in [-0.05, 0) is 14.1 Å². The summed E-state index contributed by atoms with van der Waals surface area (Å²) in [7, 11) is 8.72. The topological polar surface area (TPSA) is 173 Å². The molecule has 3 aromatic heterocycles. The monoisotopic (exact) mass is 513 g/mol. The van der Waals surface area contributed by atoms with E-state index in [1.54, 1.807) is 31.9 Å². The van der Waals surface area contributed by atoms with Gasteiger partial charge in [-0.1, -0.05) is 0 Å². The molecular weight excluding hydrogens is 482 g/mol. The van der Waals surface area contributed by atoms with Crippen LogP contribution >= 0.6 is 0 Å². The van der Waals surface area contributed by atoms with Gasteiger partial charge in [-0.15, -0.1) is 0 Å². The summed E-state index contributed by atoms with van der Waals surface area (Å²) in [6.07, 6.45) is 6.23. The van der Waals surface area contributed by atoms with Crippen LogP contribution in [0.4, 0.5) is 11.6 Å². The zero-order chi connectivity index (χ0) is 27.1. The third-order valence-electron chi connectivity index (χ3n) is 5.19. The van der Waals surface area contributed by atoms with E-state index >= 15 is 0 Å². The van der Waals surface area contributed by atoms with Crippen LogP contribution in [0.2, 0.25) is 0 Å². The summed E-state index contributed by atoms with van der Waals surface area (Å²) < 4.78 is 4.46. The van der Waals surface area contributed by atoms with E-state index in [9.17, 15) is 19.2 Å². The highest BCUT2D eigenvalue weighted by Gasteiger charge is 2.20. The Morgan fingerprint density at radius 3 is 1.89 bits per heavy atom. The fourth-order valence-corrected chi connectivity index (χ4v) is 3.28. The number of carbonyl (C=O) groups excluding carboxylic acids is 4. The minimum Gasteiger partial charge on any atom is -0.355 e. The number of hydrogen-bond donors (Lipinski definition) is 4. The van der Waals surface area contributed by atoms with Crippen molar-refractivity contribution in [2.24, 2.45) is 21.1 Å². The predicted octanol–water partition coefficient (Wildman–Crippen LogP) is -0.811. The van der Waals surface area contributed by atoms with Crippen LogP contribution in [0.15, 0.2) is 24.8 Å². The number of amides is 4. The Hall–Kier alpha value is -4.53. The summed E-state index contributed by atoms with van der Waals surface area (Å²) in [5, 5.41) is 10.6. The van der Waals surface area contributed by atoms with E-state index in [0.29, 0.717) is 6.54 Å². The largest absolute Gasteiger partial charge is 0.355 e. The molecule has 3 heterocycles.